The molecule has 0 heterocycles. The maximum atomic E-state index is 11.7. The second-order valence-corrected chi connectivity index (χ2v) is 4.68. The highest BCUT2D eigenvalue weighted by Crippen LogP contribution is 2.18. The van der Waals surface area contributed by atoms with Crippen LogP contribution in [-0.2, 0) is 4.79 Å². The van der Waals surface area contributed by atoms with E-state index < -0.39 is 18.0 Å². The Hall–Kier alpha value is -2.08. The van der Waals surface area contributed by atoms with E-state index in [1.807, 2.05) is 24.3 Å². The zero-order chi connectivity index (χ0) is 15.8. The fourth-order valence-corrected chi connectivity index (χ4v) is 1.79. The number of amides is 3. The Morgan fingerprint density at radius 1 is 1.19 bits per heavy atom. The summed E-state index contributed by atoms with van der Waals surface area (Å²) in [6.45, 7) is 6.63. The van der Waals surface area contributed by atoms with Crippen LogP contribution in [0.3, 0.4) is 0 Å². The molecule has 6 heteroatoms. The molecule has 6 nitrogen and oxygen atoms in total. The average Bonchev–Trinajstić information content (AvgIpc) is 2.47. The minimum Gasteiger partial charge on any atom is -0.481 e. The van der Waals surface area contributed by atoms with Crippen molar-refractivity contribution in [1.29, 1.82) is 0 Å². The number of imide groups is 1. The van der Waals surface area contributed by atoms with Gasteiger partial charge in [0.15, 0.2) is 6.10 Å². The maximum Gasteiger partial charge on any atom is 0.321 e. The van der Waals surface area contributed by atoms with E-state index in [9.17, 15) is 9.59 Å². The van der Waals surface area contributed by atoms with Gasteiger partial charge in [0.05, 0.1) is 0 Å². The number of carbonyl (C=O) groups is 2. The van der Waals surface area contributed by atoms with Crippen molar-refractivity contribution in [2.24, 2.45) is 0 Å². The van der Waals surface area contributed by atoms with Crippen LogP contribution >= 0.6 is 0 Å². The van der Waals surface area contributed by atoms with Gasteiger partial charge in [-0.15, -0.1) is 0 Å². The number of rotatable bonds is 6. The average molecular weight is 293 g/mol. The van der Waals surface area contributed by atoms with E-state index in [4.69, 9.17) is 4.74 Å². The molecule has 1 rings (SSSR count). The van der Waals surface area contributed by atoms with E-state index in [1.54, 1.807) is 6.92 Å². The largest absolute Gasteiger partial charge is 0.481 e. The Labute approximate surface area is 125 Å². The summed E-state index contributed by atoms with van der Waals surface area (Å²) in [6.07, 6.45) is -0.751. The molecule has 0 aliphatic rings. The standard InChI is InChI=1S/C15H23N3O3/c1-5-17-10(2)12-6-8-13(9-7-12)21-11(3)14(19)18-15(20)16-4/h6-11,17H,5H2,1-4H3,(H2,16,18,19,20). The summed E-state index contributed by atoms with van der Waals surface area (Å²) >= 11 is 0. The van der Waals surface area contributed by atoms with Crippen molar-refractivity contribution >= 4 is 11.9 Å². The van der Waals surface area contributed by atoms with Gasteiger partial charge < -0.3 is 15.4 Å². The van der Waals surface area contributed by atoms with Crippen LogP contribution < -0.4 is 20.7 Å². The van der Waals surface area contributed by atoms with E-state index >= 15 is 0 Å². The molecular weight excluding hydrogens is 270 g/mol. The molecule has 2 unspecified atom stereocenters. The van der Waals surface area contributed by atoms with Gasteiger partial charge in [0.25, 0.3) is 5.91 Å². The normalized spacial score (nSPS) is 13.1. The monoisotopic (exact) mass is 293 g/mol. The number of hydrogen-bond acceptors (Lipinski definition) is 4. The van der Waals surface area contributed by atoms with Gasteiger partial charge >= 0.3 is 6.03 Å². The lowest BCUT2D eigenvalue weighted by Crippen LogP contribution is -2.43. The van der Waals surface area contributed by atoms with E-state index in [-0.39, 0.29) is 6.04 Å². The van der Waals surface area contributed by atoms with Crippen molar-refractivity contribution in [3.63, 3.8) is 0 Å². The second-order valence-electron chi connectivity index (χ2n) is 4.68. The molecular formula is C15H23N3O3. The van der Waals surface area contributed by atoms with Crippen LogP contribution in [0.25, 0.3) is 0 Å². The van der Waals surface area contributed by atoms with Crippen LogP contribution in [0.1, 0.15) is 32.4 Å². The molecule has 0 fully saturated rings. The molecule has 0 saturated carbocycles. The smallest absolute Gasteiger partial charge is 0.321 e. The number of ether oxygens (including phenoxy) is 1. The van der Waals surface area contributed by atoms with Crippen molar-refractivity contribution in [1.82, 2.24) is 16.0 Å². The summed E-state index contributed by atoms with van der Waals surface area (Å²) in [5, 5.41) is 7.80. The molecule has 0 aliphatic carbocycles. The zero-order valence-electron chi connectivity index (χ0n) is 12.9. The molecule has 0 bridgehead atoms. The van der Waals surface area contributed by atoms with E-state index in [2.05, 4.69) is 29.8 Å². The summed E-state index contributed by atoms with van der Waals surface area (Å²) in [4.78, 5) is 22.7. The van der Waals surface area contributed by atoms with E-state index in [1.165, 1.54) is 7.05 Å². The molecule has 21 heavy (non-hydrogen) atoms. The Balaban J connectivity index is 2.58. The summed E-state index contributed by atoms with van der Waals surface area (Å²) in [5.41, 5.74) is 1.15. The molecule has 0 aliphatic heterocycles. The predicted molar refractivity (Wildman–Crippen MR) is 81.2 cm³/mol. The molecule has 116 valence electrons. The molecule has 2 atom stereocenters. The third kappa shape index (κ3) is 5.43. The topological polar surface area (TPSA) is 79.5 Å². The van der Waals surface area contributed by atoms with Crippen molar-refractivity contribution in [3.05, 3.63) is 29.8 Å². The molecule has 1 aromatic rings. The van der Waals surface area contributed by atoms with Gasteiger partial charge in [-0.05, 0) is 38.1 Å². The van der Waals surface area contributed by atoms with Gasteiger partial charge in [0, 0.05) is 13.1 Å². The first-order valence-electron chi connectivity index (χ1n) is 7.00. The Morgan fingerprint density at radius 3 is 2.33 bits per heavy atom. The van der Waals surface area contributed by atoms with E-state index in [0.29, 0.717) is 5.75 Å². The van der Waals surface area contributed by atoms with Gasteiger partial charge in [-0.3, -0.25) is 10.1 Å². The number of urea groups is 1. The van der Waals surface area contributed by atoms with Gasteiger partial charge in [-0.25, -0.2) is 4.79 Å². The van der Waals surface area contributed by atoms with Crippen LogP contribution in [0, 0.1) is 0 Å². The van der Waals surface area contributed by atoms with Crippen LogP contribution in [-0.4, -0.2) is 31.6 Å². The summed E-state index contributed by atoms with van der Waals surface area (Å²) in [5.74, 6) is 0.0986. The lowest BCUT2D eigenvalue weighted by molar-refractivity contribution is -0.126. The molecule has 0 saturated heterocycles. The Kier molecular flexibility index (Phi) is 6.68. The SMILES string of the molecule is CCNC(C)c1ccc(OC(C)C(=O)NC(=O)NC)cc1. The van der Waals surface area contributed by atoms with Gasteiger partial charge in [-0.1, -0.05) is 19.1 Å². The number of nitrogens with one attached hydrogen (secondary N) is 3. The fourth-order valence-electron chi connectivity index (χ4n) is 1.79. The summed E-state index contributed by atoms with van der Waals surface area (Å²) in [7, 11) is 1.44. The minimum absolute atomic E-state index is 0.262. The van der Waals surface area contributed by atoms with Crippen molar-refractivity contribution in [3.8, 4) is 5.75 Å². The summed E-state index contributed by atoms with van der Waals surface area (Å²) in [6, 6.07) is 7.24. The molecule has 3 N–H and O–H groups in total. The molecule has 0 aromatic heterocycles. The summed E-state index contributed by atoms with van der Waals surface area (Å²) < 4.78 is 5.50. The molecule has 3 amide bonds. The van der Waals surface area contributed by atoms with Gasteiger partial charge in [-0.2, -0.15) is 0 Å². The first kappa shape index (κ1) is 17.0. The first-order valence-corrected chi connectivity index (χ1v) is 7.00. The lowest BCUT2D eigenvalue weighted by atomic mass is 10.1. The molecule has 0 radical (unpaired) electrons. The second kappa shape index (κ2) is 8.26. The Bertz CT molecular complexity index is 474. The highest BCUT2D eigenvalue weighted by Gasteiger charge is 2.16. The minimum atomic E-state index is -0.751. The molecule has 0 spiro atoms. The zero-order valence-corrected chi connectivity index (χ0v) is 12.9. The van der Waals surface area contributed by atoms with Crippen molar-refractivity contribution < 1.29 is 14.3 Å². The third-order valence-electron chi connectivity index (χ3n) is 3.04. The van der Waals surface area contributed by atoms with Crippen LogP contribution in [0.15, 0.2) is 24.3 Å². The first-order chi connectivity index (χ1) is 9.97. The Morgan fingerprint density at radius 2 is 1.81 bits per heavy atom. The van der Waals surface area contributed by atoms with Crippen LogP contribution in [0.4, 0.5) is 4.79 Å². The quantitative estimate of drug-likeness (QED) is 0.744. The highest BCUT2D eigenvalue weighted by atomic mass is 16.5. The number of hydrogen-bond donors (Lipinski definition) is 3. The molecule has 1 aromatic carbocycles. The van der Waals surface area contributed by atoms with Crippen molar-refractivity contribution in [2.45, 2.75) is 32.9 Å². The number of carbonyl (C=O) groups excluding carboxylic acids is 2. The van der Waals surface area contributed by atoms with Crippen LogP contribution in [0.2, 0.25) is 0 Å². The fraction of sp³-hybridized carbons (Fsp3) is 0.467. The predicted octanol–water partition coefficient (Wildman–Crippen LogP) is 1.58. The maximum absolute atomic E-state index is 11.7. The van der Waals surface area contributed by atoms with Gasteiger partial charge in [0.2, 0.25) is 0 Å². The van der Waals surface area contributed by atoms with Crippen molar-refractivity contribution in [2.75, 3.05) is 13.6 Å². The third-order valence-corrected chi connectivity index (χ3v) is 3.04. The number of benzene rings is 1. The van der Waals surface area contributed by atoms with Crippen LogP contribution in [0.5, 0.6) is 5.75 Å². The van der Waals surface area contributed by atoms with E-state index in [0.717, 1.165) is 12.1 Å². The highest BCUT2D eigenvalue weighted by molar-refractivity contribution is 5.96. The van der Waals surface area contributed by atoms with Gasteiger partial charge in [0.1, 0.15) is 5.75 Å². The lowest BCUT2D eigenvalue weighted by Gasteiger charge is -2.16.